The van der Waals surface area contributed by atoms with Crippen molar-refractivity contribution < 1.29 is 0 Å². The molecule has 0 bridgehead atoms. The number of hydrogen-bond acceptors (Lipinski definition) is 1. The van der Waals surface area contributed by atoms with Gasteiger partial charge in [0, 0.05) is 0 Å². The van der Waals surface area contributed by atoms with Gasteiger partial charge in [0.05, 0.1) is 0 Å². The van der Waals surface area contributed by atoms with Gasteiger partial charge < -0.3 is 0 Å². The Kier molecular flexibility index (Phi) is 4.22. The van der Waals surface area contributed by atoms with Gasteiger partial charge in [-0.15, -0.1) is 0 Å². The topological polar surface area (TPSA) is 12.4 Å². The van der Waals surface area contributed by atoms with Crippen LogP contribution < -0.4 is 0 Å². The Bertz CT molecular complexity index is 524. The van der Waals surface area contributed by atoms with E-state index < -0.39 is 18.4 Å². The summed E-state index contributed by atoms with van der Waals surface area (Å²) < 4.78 is 1.33. The van der Waals surface area contributed by atoms with Crippen molar-refractivity contribution in [2.24, 2.45) is 4.99 Å². The molecule has 18 heavy (non-hydrogen) atoms. The van der Waals surface area contributed by atoms with Crippen molar-refractivity contribution in [1.29, 1.82) is 0 Å². The molecule has 0 spiro atoms. The van der Waals surface area contributed by atoms with Gasteiger partial charge in [-0.05, 0) is 0 Å². The molecule has 92 valence electrons. The summed E-state index contributed by atoms with van der Waals surface area (Å²) in [5, 5.41) is 0. The molecule has 0 fully saturated rings. The number of para-hydroxylation sites is 1. The summed E-state index contributed by atoms with van der Waals surface area (Å²) in [4.78, 5) is 12.1. The third-order valence-electron chi connectivity index (χ3n) is 2.75. The molecule has 0 heterocycles. The zero-order chi connectivity index (χ0) is 13.0. The fourth-order valence-corrected chi connectivity index (χ4v) is 6.17. The van der Waals surface area contributed by atoms with Crippen LogP contribution in [-0.4, -0.2) is 22.1 Å². The Hall–Kier alpha value is -1.09. The van der Waals surface area contributed by atoms with Crippen LogP contribution in [0.5, 0.6) is 0 Å². The van der Waals surface area contributed by atoms with Crippen LogP contribution in [0.2, 0.25) is 14.8 Å². The van der Waals surface area contributed by atoms with Crippen LogP contribution in [0, 0.1) is 0 Å². The Morgan fingerprint density at radius 3 is 1.78 bits per heavy atom. The fourth-order valence-electron chi connectivity index (χ4n) is 1.89. The number of aliphatic imine (C=N–C) groups is 1. The standard InChI is InChI=1S/C13H10N.3CH3.Sn/c1-3-7-12(8-4-1)11-14-13-9-5-2-6-10-13;;;;/h1-10H;3*1H3;. The van der Waals surface area contributed by atoms with E-state index >= 15 is 0 Å². The maximum atomic E-state index is 4.91. The summed E-state index contributed by atoms with van der Waals surface area (Å²) in [5.74, 6) is 0. The van der Waals surface area contributed by atoms with Crippen LogP contribution in [0.15, 0.2) is 65.7 Å². The van der Waals surface area contributed by atoms with Gasteiger partial charge in [-0.3, -0.25) is 0 Å². The second-order valence-electron chi connectivity index (χ2n) is 5.41. The van der Waals surface area contributed by atoms with E-state index in [0.29, 0.717) is 0 Å². The molecule has 0 N–H and O–H groups in total. The van der Waals surface area contributed by atoms with E-state index in [4.69, 9.17) is 4.99 Å². The van der Waals surface area contributed by atoms with Crippen molar-refractivity contribution >= 4 is 27.8 Å². The predicted octanol–water partition coefficient (Wildman–Crippen LogP) is 4.68. The van der Waals surface area contributed by atoms with Crippen molar-refractivity contribution in [1.82, 2.24) is 0 Å². The molecule has 0 aromatic heterocycles. The summed E-state index contributed by atoms with van der Waals surface area (Å²) in [7, 11) is 0. The predicted molar refractivity (Wildman–Crippen MR) is 82.4 cm³/mol. The monoisotopic (exact) mass is 345 g/mol. The zero-order valence-corrected chi connectivity index (χ0v) is 14.1. The van der Waals surface area contributed by atoms with E-state index in [9.17, 15) is 0 Å². The van der Waals surface area contributed by atoms with E-state index in [1.54, 1.807) is 0 Å². The summed E-state index contributed by atoms with van der Waals surface area (Å²) in [5.41, 5.74) is 2.34. The second kappa shape index (κ2) is 5.70. The molecule has 0 saturated carbocycles. The molecule has 2 aromatic carbocycles. The molecule has 0 atom stereocenters. The van der Waals surface area contributed by atoms with Crippen molar-refractivity contribution in [3.05, 3.63) is 66.2 Å². The number of rotatable bonds is 3. The molecule has 2 heteroatoms. The maximum absolute atomic E-state index is 4.91. The summed E-state index contributed by atoms with van der Waals surface area (Å²) >= 11 is -2.22. The fraction of sp³-hybridized carbons (Fsp3) is 0.188. The molecule has 0 saturated heterocycles. The molecule has 0 unspecified atom stereocenters. The number of nitrogens with zero attached hydrogens (tertiary/aromatic N) is 1. The average molecular weight is 344 g/mol. The first-order valence-electron chi connectivity index (χ1n) is 6.27. The van der Waals surface area contributed by atoms with Crippen LogP contribution in [0.1, 0.15) is 5.56 Å². The molecular weight excluding hydrogens is 325 g/mol. The number of hydrogen-bond donors (Lipinski definition) is 0. The molecular formula is C16H19NSn. The third-order valence-corrected chi connectivity index (χ3v) is 7.95. The van der Waals surface area contributed by atoms with Gasteiger partial charge in [0.25, 0.3) is 0 Å². The van der Waals surface area contributed by atoms with Crippen molar-refractivity contribution in [3.63, 3.8) is 0 Å². The first-order chi connectivity index (χ1) is 8.57. The van der Waals surface area contributed by atoms with Gasteiger partial charge in [-0.1, -0.05) is 0 Å². The molecule has 0 aliphatic rings. The van der Waals surface area contributed by atoms with Gasteiger partial charge >= 0.3 is 114 Å². The van der Waals surface area contributed by atoms with E-state index in [-0.39, 0.29) is 0 Å². The van der Waals surface area contributed by atoms with Crippen LogP contribution in [0.3, 0.4) is 0 Å². The quantitative estimate of drug-likeness (QED) is 0.566. The Labute approximate surface area is 113 Å². The van der Waals surface area contributed by atoms with Crippen molar-refractivity contribution in [3.8, 4) is 0 Å². The first kappa shape index (κ1) is 13.3. The first-order valence-corrected chi connectivity index (χ1v) is 16.3. The minimum absolute atomic E-state index is 1.06. The molecule has 2 rings (SSSR count). The SMILES string of the molecule is [CH3][Sn]([CH3])([CH3])[C](=Nc1ccccc1)c1ccccc1. The number of benzene rings is 2. The van der Waals surface area contributed by atoms with E-state index in [1.165, 1.54) is 9.29 Å². The molecule has 0 radical (unpaired) electrons. The third kappa shape index (κ3) is 3.45. The summed E-state index contributed by atoms with van der Waals surface area (Å²) in [6.07, 6.45) is 0. The van der Waals surface area contributed by atoms with Gasteiger partial charge in [0.2, 0.25) is 0 Å². The van der Waals surface area contributed by atoms with Crippen LogP contribution in [0.25, 0.3) is 0 Å². The van der Waals surface area contributed by atoms with Crippen LogP contribution in [-0.2, 0) is 0 Å². The molecule has 1 nitrogen and oxygen atoms in total. The Balaban J connectivity index is 2.48. The van der Waals surface area contributed by atoms with E-state index in [0.717, 1.165) is 5.69 Å². The second-order valence-corrected chi connectivity index (χ2v) is 19.6. The Morgan fingerprint density at radius 2 is 1.28 bits per heavy atom. The van der Waals surface area contributed by atoms with Gasteiger partial charge in [0.1, 0.15) is 0 Å². The van der Waals surface area contributed by atoms with Crippen LogP contribution in [0.4, 0.5) is 5.69 Å². The minimum atomic E-state index is -2.22. The zero-order valence-electron chi connectivity index (χ0n) is 11.2. The summed E-state index contributed by atoms with van der Waals surface area (Å²) in [6, 6.07) is 20.8. The molecule has 0 aliphatic carbocycles. The Morgan fingerprint density at radius 1 is 0.778 bits per heavy atom. The van der Waals surface area contributed by atoms with Gasteiger partial charge in [-0.25, -0.2) is 0 Å². The molecule has 0 aliphatic heterocycles. The average Bonchev–Trinajstić information content (AvgIpc) is 2.37. The van der Waals surface area contributed by atoms with Crippen molar-refractivity contribution in [2.75, 3.05) is 0 Å². The normalized spacial score (nSPS) is 12.5. The van der Waals surface area contributed by atoms with Gasteiger partial charge in [-0.2, -0.15) is 0 Å². The molecule has 2 aromatic rings. The summed E-state index contributed by atoms with van der Waals surface area (Å²) in [6.45, 7) is 0. The van der Waals surface area contributed by atoms with E-state index in [1.807, 2.05) is 18.2 Å². The molecule has 0 amide bonds. The van der Waals surface area contributed by atoms with E-state index in [2.05, 4.69) is 57.3 Å². The van der Waals surface area contributed by atoms with Crippen LogP contribution >= 0.6 is 0 Å². The van der Waals surface area contributed by atoms with Gasteiger partial charge in [0.15, 0.2) is 0 Å². The van der Waals surface area contributed by atoms with Crippen molar-refractivity contribution in [2.45, 2.75) is 14.8 Å².